The summed E-state index contributed by atoms with van der Waals surface area (Å²) in [6.07, 6.45) is 5.16. The SMILES string of the molecule is NC(=O)c1ccc(-n2ccc(NCc3ccccn3)c(C(=O)O)c2=O)c(N2CCCC2)c1. The zero-order chi connectivity index (χ0) is 22.7. The Balaban J connectivity index is 1.77. The second-order valence-electron chi connectivity index (χ2n) is 7.52. The lowest BCUT2D eigenvalue weighted by molar-refractivity contribution is 0.0695. The van der Waals surface area contributed by atoms with Crippen LogP contribution in [0, 0.1) is 0 Å². The first kappa shape index (κ1) is 21.1. The van der Waals surface area contributed by atoms with Crippen LogP contribution in [0.2, 0.25) is 0 Å². The third kappa shape index (κ3) is 4.18. The molecule has 1 amide bonds. The van der Waals surface area contributed by atoms with Crippen LogP contribution < -0.4 is 21.5 Å². The van der Waals surface area contributed by atoms with Gasteiger partial charge in [0.15, 0.2) is 0 Å². The molecule has 9 nitrogen and oxygen atoms in total. The van der Waals surface area contributed by atoms with Gasteiger partial charge in [-0.15, -0.1) is 0 Å². The van der Waals surface area contributed by atoms with Crippen LogP contribution in [0.3, 0.4) is 0 Å². The van der Waals surface area contributed by atoms with E-state index in [9.17, 15) is 19.5 Å². The fourth-order valence-electron chi connectivity index (χ4n) is 3.86. The lowest BCUT2D eigenvalue weighted by atomic mass is 10.1. The highest BCUT2D eigenvalue weighted by Gasteiger charge is 2.22. The molecule has 1 aliphatic rings. The van der Waals surface area contributed by atoms with Crippen LogP contribution in [0.5, 0.6) is 0 Å². The highest BCUT2D eigenvalue weighted by molar-refractivity contribution is 5.95. The summed E-state index contributed by atoms with van der Waals surface area (Å²) in [5, 5.41) is 12.8. The van der Waals surface area contributed by atoms with E-state index in [1.165, 1.54) is 16.8 Å². The van der Waals surface area contributed by atoms with Gasteiger partial charge in [0.25, 0.3) is 5.56 Å². The number of benzene rings is 1. The molecule has 4 rings (SSSR count). The van der Waals surface area contributed by atoms with Gasteiger partial charge < -0.3 is 21.1 Å². The van der Waals surface area contributed by atoms with Crippen LogP contribution in [-0.2, 0) is 6.54 Å². The van der Waals surface area contributed by atoms with E-state index in [0.717, 1.165) is 25.9 Å². The highest BCUT2D eigenvalue weighted by Crippen LogP contribution is 2.29. The highest BCUT2D eigenvalue weighted by atomic mass is 16.4. The second-order valence-corrected chi connectivity index (χ2v) is 7.52. The molecule has 1 aromatic carbocycles. The van der Waals surface area contributed by atoms with Crippen LogP contribution in [0.15, 0.2) is 59.7 Å². The van der Waals surface area contributed by atoms with Gasteiger partial charge in [-0.3, -0.25) is 19.1 Å². The number of carbonyl (C=O) groups is 2. The number of anilines is 2. The second kappa shape index (κ2) is 8.93. The maximum atomic E-state index is 13.2. The lowest BCUT2D eigenvalue weighted by Gasteiger charge is -2.23. The summed E-state index contributed by atoms with van der Waals surface area (Å²) in [7, 11) is 0. The van der Waals surface area contributed by atoms with Crippen LogP contribution in [0.1, 0.15) is 39.3 Å². The van der Waals surface area contributed by atoms with Gasteiger partial charge in [0.05, 0.1) is 29.3 Å². The molecule has 32 heavy (non-hydrogen) atoms. The molecule has 1 saturated heterocycles. The number of aromatic nitrogens is 2. The molecular formula is C23H23N5O4. The standard InChI is InChI=1S/C23H23N5O4/c24-21(29)15-6-7-18(19(13-15)27-10-3-4-11-27)28-12-8-17(20(22(28)30)23(31)32)26-14-16-5-1-2-9-25-16/h1-2,5-9,12-13,26H,3-4,10-11,14H2,(H2,24,29)(H,31,32). The molecule has 4 N–H and O–H groups in total. The number of primary amides is 1. The molecule has 0 unspecified atom stereocenters. The smallest absolute Gasteiger partial charge is 0.343 e. The van der Waals surface area contributed by atoms with Crippen molar-refractivity contribution in [3.05, 3.63) is 82.0 Å². The van der Waals surface area contributed by atoms with Crippen molar-refractivity contribution < 1.29 is 14.7 Å². The topological polar surface area (TPSA) is 131 Å². The van der Waals surface area contributed by atoms with E-state index >= 15 is 0 Å². The molecule has 0 atom stereocenters. The number of hydrogen-bond acceptors (Lipinski definition) is 6. The summed E-state index contributed by atoms with van der Waals surface area (Å²) in [6.45, 7) is 1.83. The average molecular weight is 433 g/mol. The van der Waals surface area contributed by atoms with Crippen molar-refractivity contribution in [1.29, 1.82) is 0 Å². The van der Waals surface area contributed by atoms with Gasteiger partial charge in [0.2, 0.25) is 5.91 Å². The van der Waals surface area contributed by atoms with Crippen LogP contribution in [0.4, 0.5) is 11.4 Å². The normalized spacial score (nSPS) is 13.2. The van der Waals surface area contributed by atoms with Crippen LogP contribution in [-0.4, -0.2) is 39.6 Å². The first-order valence-electron chi connectivity index (χ1n) is 10.3. The Morgan fingerprint density at radius 2 is 1.88 bits per heavy atom. The molecule has 3 aromatic rings. The van der Waals surface area contributed by atoms with E-state index in [0.29, 0.717) is 22.6 Å². The molecule has 0 saturated carbocycles. The largest absolute Gasteiger partial charge is 0.477 e. The summed E-state index contributed by atoms with van der Waals surface area (Å²) in [4.78, 5) is 43.2. The minimum atomic E-state index is -1.33. The zero-order valence-electron chi connectivity index (χ0n) is 17.3. The number of hydrogen-bond donors (Lipinski definition) is 3. The Morgan fingerprint density at radius 1 is 1.09 bits per heavy atom. The van der Waals surface area contributed by atoms with Crippen molar-refractivity contribution in [3.63, 3.8) is 0 Å². The van der Waals surface area contributed by atoms with E-state index in [-0.39, 0.29) is 17.8 Å². The fraction of sp³-hybridized carbons (Fsp3) is 0.217. The summed E-state index contributed by atoms with van der Waals surface area (Å²) < 4.78 is 1.30. The summed E-state index contributed by atoms with van der Waals surface area (Å²) in [5.41, 5.74) is 6.84. The number of amides is 1. The number of pyridine rings is 2. The van der Waals surface area contributed by atoms with Gasteiger partial charge in [-0.1, -0.05) is 6.07 Å². The molecule has 9 heteroatoms. The summed E-state index contributed by atoms with van der Waals surface area (Å²) in [6, 6.07) is 11.8. The number of nitrogens with two attached hydrogens (primary N) is 1. The minimum absolute atomic E-state index is 0.209. The number of aromatic carboxylic acids is 1. The Labute approximate surface area is 184 Å². The van der Waals surface area contributed by atoms with Gasteiger partial charge in [-0.2, -0.15) is 0 Å². The van der Waals surface area contributed by atoms with Crippen molar-refractivity contribution in [3.8, 4) is 5.69 Å². The van der Waals surface area contributed by atoms with Gasteiger partial charge in [-0.05, 0) is 49.2 Å². The van der Waals surface area contributed by atoms with E-state index in [4.69, 9.17) is 5.73 Å². The molecule has 2 aromatic heterocycles. The number of carboxylic acid groups (broad SMARTS) is 1. The Morgan fingerprint density at radius 3 is 2.53 bits per heavy atom. The molecule has 164 valence electrons. The Hall–Kier alpha value is -4.14. The van der Waals surface area contributed by atoms with Crippen LogP contribution in [0.25, 0.3) is 5.69 Å². The monoisotopic (exact) mass is 433 g/mol. The predicted octanol–water partition coefficient (Wildman–Crippen LogP) is 2.24. The number of nitrogens with zero attached hydrogens (tertiary/aromatic N) is 3. The minimum Gasteiger partial charge on any atom is -0.477 e. The molecule has 0 aliphatic carbocycles. The quantitative estimate of drug-likeness (QED) is 0.521. The maximum absolute atomic E-state index is 13.2. The van der Waals surface area contributed by atoms with Crippen molar-refractivity contribution in [2.75, 3.05) is 23.3 Å². The summed E-state index contributed by atoms with van der Waals surface area (Å²) in [5.74, 6) is -1.89. The third-order valence-electron chi connectivity index (χ3n) is 5.46. The Kier molecular flexibility index (Phi) is 5.89. The van der Waals surface area contributed by atoms with Gasteiger partial charge in [-0.25, -0.2) is 4.79 Å². The van der Waals surface area contributed by atoms with E-state index < -0.39 is 17.4 Å². The first-order chi connectivity index (χ1) is 15.5. The first-order valence-corrected chi connectivity index (χ1v) is 10.3. The predicted molar refractivity (Wildman–Crippen MR) is 121 cm³/mol. The van der Waals surface area contributed by atoms with Crippen molar-refractivity contribution in [1.82, 2.24) is 9.55 Å². The number of rotatable bonds is 7. The van der Waals surface area contributed by atoms with Crippen molar-refractivity contribution >= 4 is 23.3 Å². The molecule has 0 bridgehead atoms. The number of carbonyl (C=O) groups excluding carboxylic acids is 1. The number of carboxylic acids is 1. The zero-order valence-corrected chi connectivity index (χ0v) is 17.3. The van der Waals surface area contributed by atoms with E-state index in [1.54, 1.807) is 36.5 Å². The van der Waals surface area contributed by atoms with Crippen molar-refractivity contribution in [2.45, 2.75) is 19.4 Å². The molecule has 1 aliphatic heterocycles. The summed E-state index contributed by atoms with van der Waals surface area (Å²) >= 11 is 0. The molecule has 0 spiro atoms. The van der Waals surface area contributed by atoms with Gasteiger partial charge >= 0.3 is 5.97 Å². The van der Waals surface area contributed by atoms with Crippen LogP contribution >= 0.6 is 0 Å². The lowest BCUT2D eigenvalue weighted by Crippen LogP contribution is -2.29. The van der Waals surface area contributed by atoms with E-state index in [1.807, 2.05) is 6.07 Å². The number of nitrogens with one attached hydrogen (secondary N) is 1. The third-order valence-corrected chi connectivity index (χ3v) is 5.46. The Bertz CT molecular complexity index is 1220. The maximum Gasteiger partial charge on any atom is 0.343 e. The van der Waals surface area contributed by atoms with E-state index in [2.05, 4.69) is 15.2 Å². The molecular weight excluding hydrogens is 410 g/mol. The molecule has 0 radical (unpaired) electrons. The van der Waals surface area contributed by atoms with Gasteiger partial charge in [0.1, 0.15) is 5.56 Å². The fourth-order valence-corrected chi connectivity index (χ4v) is 3.86. The average Bonchev–Trinajstić information content (AvgIpc) is 3.32. The molecule has 1 fully saturated rings. The molecule has 3 heterocycles. The van der Waals surface area contributed by atoms with Crippen molar-refractivity contribution in [2.24, 2.45) is 5.73 Å². The van der Waals surface area contributed by atoms with Gasteiger partial charge in [0, 0.05) is 31.0 Å².